The molecule has 1 aromatic rings. The van der Waals surface area contributed by atoms with Crippen molar-refractivity contribution in [3.8, 4) is 0 Å². The van der Waals surface area contributed by atoms with Gasteiger partial charge in [-0.1, -0.05) is 24.6 Å². The summed E-state index contributed by atoms with van der Waals surface area (Å²) in [5, 5.41) is 0. The number of anilines is 1. The Bertz CT molecular complexity index is 510. The third kappa shape index (κ3) is 2.19. The van der Waals surface area contributed by atoms with E-state index in [4.69, 9.17) is 0 Å². The first-order valence-electron chi connectivity index (χ1n) is 7.35. The number of para-hydroxylation sites is 1. The fraction of sp³-hybridized carbons (Fsp3) is 0.500. The molecule has 1 saturated carbocycles. The van der Waals surface area contributed by atoms with E-state index in [-0.39, 0.29) is 23.8 Å². The largest absolute Gasteiger partial charge is 0.329 e. The van der Waals surface area contributed by atoms with Crippen LogP contribution < -0.4 is 4.90 Å². The molecule has 2 amide bonds. The van der Waals surface area contributed by atoms with Gasteiger partial charge in [-0.2, -0.15) is 0 Å². The summed E-state index contributed by atoms with van der Waals surface area (Å²) in [6, 6.07) is 9.32. The highest BCUT2D eigenvalue weighted by Crippen LogP contribution is 2.30. The van der Waals surface area contributed by atoms with E-state index in [1.807, 2.05) is 37.3 Å². The molecule has 1 atom stereocenters. The molecule has 2 aliphatic rings. The Morgan fingerprint density at radius 2 is 1.85 bits per heavy atom. The van der Waals surface area contributed by atoms with Crippen LogP contribution in [0.5, 0.6) is 0 Å². The molecule has 106 valence electrons. The predicted molar refractivity (Wildman–Crippen MR) is 77.3 cm³/mol. The van der Waals surface area contributed by atoms with E-state index in [9.17, 15) is 9.59 Å². The second-order valence-corrected chi connectivity index (χ2v) is 5.66. The second kappa shape index (κ2) is 5.27. The van der Waals surface area contributed by atoms with Gasteiger partial charge >= 0.3 is 0 Å². The first-order valence-corrected chi connectivity index (χ1v) is 7.35. The molecule has 1 unspecified atom stereocenters. The first kappa shape index (κ1) is 13.2. The van der Waals surface area contributed by atoms with Crippen LogP contribution in [-0.2, 0) is 9.59 Å². The van der Waals surface area contributed by atoms with E-state index in [0.717, 1.165) is 24.9 Å². The number of hydrogen-bond acceptors (Lipinski definition) is 2. The van der Waals surface area contributed by atoms with Crippen molar-refractivity contribution in [2.75, 3.05) is 18.0 Å². The van der Waals surface area contributed by atoms with E-state index in [1.54, 1.807) is 9.80 Å². The lowest BCUT2D eigenvalue weighted by Gasteiger charge is -2.41. The summed E-state index contributed by atoms with van der Waals surface area (Å²) in [6.07, 6.45) is 3.11. The van der Waals surface area contributed by atoms with E-state index in [1.165, 1.54) is 0 Å². The van der Waals surface area contributed by atoms with Crippen molar-refractivity contribution in [2.45, 2.75) is 32.2 Å². The van der Waals surface area contributed by atoms with Crippen molar-refractivity contribution in [3.63, 3.8) is 0 Å². The summed E-state index contributed by atoms with van der Waals surface area (Å²) in [7, 11) is 0. The third-order valence-corrected chi connectivity index (χ3v) is 4.46. The van der Waals surface area contributed by atoms with Crippen LogP contribution in [0.15, 0.2) is 30.3 Å². The van der Waals surface area contributed by atoms with Crippen LogP contribution in [0.3, 0.4) is 0 Å². The van der Waals surface area contributed by atoms with Crippen molar-refractivity contribution in [2.24, 2.45) is 5.92 Å². The maximum atomic E-state index is 12.5. The summed E-state index contributed by atoms with van der Waals surface area (Å²) in [4.78, 5) is 28.4. The van der Waals surface area contributed by atoms with Gasteiger partial charge in [-0.05, 0) is 31.9 Å². The van der Waals surface area contributed by atoms with Crippen LogP contribution in [0.4, 0.5) is 5.69 Å². The number of rotatable bonds is 2. The lowest BCUT2D eigenvalue weighted by Crippen LogP contribution is -2.59. The number of carbonyl (C=O) groups excluding carboxylic acids is 2. The van der Waals surface area contributed by atoms with Crippen molar-refractivity contribution in [1.82, 2.24) is 4.90 Å². The molecule has 3 rings (SSSR count). The van der Waals surface area contributed by atoms with Crippen LogP contribution >= 0.6 is 0 Å². The van der Waals surface area contributed by atoms with Crippen LogP contribution in [0, 0.1) is 5.92 Å². The Morgan fingerprint density at radius 1 is 1.15 bits per heavy atom. The Labute approximate surface area is 119 Å². The summed E-state index contributed by atoms with van der Waals surface area (Å²) in [5.74, 6) is 0.355. The van der Waals surface area contributed by atoms with E-state index < -0.39 is 0 Å². The van der Waals surface area contributed by atoms with Gasteiger partial charge in [0.15, 0.2) is 0 Å². The van der Waals surface area contributed by atoms with Gasteiger partial charge in [0.1, 0.15) is 6.04 Å². The van der Waals surface area contributed by atoms with Gasteiger partial charge in [-0.25, -0.2) is 0 Å². The van der Waals surface area contributed by atoms with Crippen molar-refractivity contribution >= 4 is 17.5 Å². The summed E-state index contributed by atoms with van der Waals surface area (Å²) in [5.41, 5.74) is 0.917. The van der Waals surface area contributed by atoms with Crippen LogP contribution in [0.2, 0.25) is 0 Å². The molecule has 4 heteroatoms. The highest BCUT2D eigenvalue weighted by molar-refractivity contribution is 6.00. The predicted octanol–water partition coefficient (Wildman–Crippen LogP) is 2.05. The van der Waals surface area contributed by atoms with Crippen molar-refractivity contribution in [3.05, 3.63) is 30.3 Å². The lowest BCUT2D eigenvalue weighted by molar-refractivity contribution is -0.146. The molecule has 1 aromatic carbocycles. The fourth-order valence-electron chi connectivity index (χ4n) is 2.93. The average Bonchev–Trinajstić information content (AvgIpc) is 2.40. The molecule has 1 saturated heterocycles. The third-order valence-electron chi connectivity index (χ3n) is 4.46. The zero-order chi connectivity index (χ0) is 14.1. The number of nitrogens with zero attached hydrogens (tertiary/aromatic N) is 2. The molecule has 0 N–H and O–H groups in total. The molecule has 0 aromatic heterocycles. The summed E-state index contributed by atoms with van der Waals surface area (Å²) >= 11 is 0. The Kier molecular flexibility index (Phi) is 3.47. The molecular formula is C16H20N2O2. The maximum absolute atomic E-state index is 12.5. The SMILES string of the molecule is CC1C(=O)N(c2ccccc2)CCN1C(=O)C1CCC1. The van der Waals surface area contributed by atoms with Gasteiger partial charge in [0.05, 0.1) is 0 Å². The van der Waals surface area contributed by atoms with E-state index in [2.05, 4.69) is 0 Å². The topological polar surface area (TPSA) is 40.6 Å². The van der Waals surface area contributed by atoms with Gasteiger partial charge in [0.2, 0.25) is 11.8 Å². The molecule has 0 spiro atoms. The maximum Gasteiger partial charge on any atom is 0.249 e. The van der Waals surface area contributed by atoms with Crippen LogP contribution in [0.25, 0.3) is 0 Å². The first-order chi connectivity index (χ1) is 9.68. The average molecular weight is 272 g/mol. The minimum absolute atomic E-state index is 0.0233. The number of amides is 2. The highest BCUT2D eigenvalue weighted by atomic mass is 16.2. The smallest absolute Gasteiger partial charge is 0.249 e. The zero-order valence-electron chi connectivity index (χ0n) is 11.8. The number of hydrogen-bond donors (Lipinski definition) is 0. The van der Waals surface area contributed by atoms with Gasteiger partial charge < -0.3 is 9.80 Å². The molecule has 0 radical (unpaired) electrons. The minimum atomic E-state index is -0.350. The standard InChI is InChI=1S/C16H20N2O2/c1-12-15(19)18(14-8-3-2-4-9-14)11-10-17(12)16(20)13-6-5-7-13/h2-4,8-9,12-13H,5-7,10-11H2,1H3. The van der Waals surface area contributed by atoms with Gasteiger partial charge in [0.25, 0.3) is 0 Å². The van der Waals surface area contributed by atoms with Crippen molar-refractivity contribution < 1.29 is 9.59 Å². The lowest BCUT2D eigenvalue weighted by atomic mass is 9.84. The van der Waals surface area contributed by atoms with Gasteiger partial charge in [-0.15, -0.1) is 0 Å². The van der Waals surface area contributed by atoms with E-state index in [0.29, 0.717) is 13.1 Å². The zero-order valence-corrected chi connectivity index (χ0v) is 11.8. The Morgan fingerprint density at radius 3 is 2.45 bits per heavy atom. The van der Waals surface area contributed by atoms with Gasteiger partial charge in [-0.3, -0.25) is 9.59 Å². The Hall–Kier alpha value is -1.84. The normalized spacial score (nSPS) is 23.6. The van der Waals surface area contributed by atoms with Crippen molar-refractivity contribution in [1.29, 1.82) is 0 Å². The molecule has 2 fully saturated rings. The number of carbonyl (C=O) groups is 2. The quantitative estimate of drug-likeness (QED) is 0.826. The number of piperazine rings is 1. The minimum Gasteiger partial charge on any atom is -0.329 e. The molecule has 1 heterocycles. The van der Waals surface area contributed by atoms with E-state index >= 15 is 0 Å². The van der Waals surface area contributed by atoms with Gasteiger partial charge in [0, 0.05) is 24.7 Å². The van der Waals surface area contributed by atoms with Crippen LogP contribution in [-0.4, -0.2) is 35.8 Å². The Balaban J connectivity index is 1.73. The molecule has 20 heavy (non-hydrogen) atoms. The number of benzene rings is 1. The molecule has 1 aliphatic heterocycles. The molecule has 4 nitrogen and oxygen atoms in total. The molecular weight excluding hydrogens is 252 g/mol. The highest BCUT2D eigenvalue weighted by Gasteiger charge is 2.38. The fourth-order valence-corrected chi connectivity index (χ4v) is 2.93. The summed E-state index contributed by atoms with van der Waals surface area (Å²) < 4.78 is 0. The monoisotopic (exact) mass is 272 g/mol. The van der Waals surface area contributed by atoms with Crippen LogP contribution in [0.1, 0.15) is 26.2 Å². The summed E-state index contributed by atoms with van der Waals surface area (Å²) in [6.45, 7) is 3.07. The molecule has 1 aliphatic carbocycles. The molecule has 0 bridgehead atoms. The second-order valence-electron chi connectivity index (χ2n) is 5.66.